The molecule has 0 saturated heterocycles. The number of rotatable bonds is 1. The van der Waals surface area contributed by atoms with Crippen LogP contribution in [0.4, 0.5) is 13.2 Å². The Morgan fingerprint density at radius 1 is 1.40 bits per heavy atom. The van der Waals surface area contributed by atoms with Crippen LogP contribution in [0.3, 0.4) is 0 Å². The van der Waals surface area contributed by atoms with Crippen molar-refractivity contribution in [2.75, 3.05) is 0 Å². The maximum Gasteiger partial charge on any atom is 0.574 e. The van der Waals surface area contributed by atoms with E-state index >= 15 is 0 Å². The number of hydrogen-bond acceptors (Lipinski definition) is 5. The minimum atomic E-state index is -5.03. The molecule has 0 saturated carbocycles. The lowest BCUT2D eigenvalue weighted by atomic mass is 10.2. The SMILES string of the molecule is N#Cc1c(O)cnc(OC(F)(F)F)c1O. The van der Waals surface area contributed by atoms with Crippen LogP contribution in [0, 0.1) is 11.3 Å². The topological polar surface area (TPSA) is 86.4 Å². The second-order valence-corrected chi connectivity index (χ2v) is 2.33. The molecule has 0 fully saturated rings. The van der Waals surface area contributed by atoms with Crippen molar-refractivity contribution >= 4 is 0 Å². The third-order valence-electron chi connectivity index (χ3n) is 1.32. The van der Waals surface area contributed by atoms with Gasteiger partial charge in [0.15, 0.2) is 5.75 Å². The smallest absolute Gasteiger partial charge is 0.505 e. The molecule has 0 amide bonds. The van der Waals surface area contributed by atoms with E-state index in [0.717, 1.165) is 0 Å². The van der Waals surface area contributed by atoms with Gasteiger partial charge in [0, 0.05) is 0 Å². The van der Waals surface area contributed by atoms with Crippen LogP contribution < -0.4 is 4.74 Å². The number of aromatic hydroxyl groups is 2. The molecule has 1 heterocycles. The highest BCUT2D eigenvalue weighted by molar-refractivity contribution is 5.54. The lowest BCUT2D eigenvalue weighted by molar-refractivity contribution is -0.276. The summed E-state index contributed by atoms with van der Waals surface area (Å²) in [4.78, 5) is 2.98. The monoisotopic (exact) mass is 220 g/mol. The predicted molar refractivity (Wildman–Crippen MR) is 39.0 cm³/mol. The molecule has 1 aromatic rings. The Hall–Kier alpha value is -2.17. The third kappa shape index (κ3) is 2.40. The zero-order valence-electron chi connectivity index (χ0n) is 6.91. The van der Waals surface area contributed by atoms with Gasteiger partial charge in [0.1, 0.15) is 11.6 Å². The van der Waals surface area contributed by atoms with E-state index in [-0.39, 0.29) is 0 Å². The first-order chi connectivity index (χ1) is 6.85. The quantitative estimate of drug-likeness (QED) is 0.743. The largest absolute Gasteiger partial charge is 0.574 e. The van der Waals surface area contributed by atoms with Gasteiger partial charge in [-0.05, 0) is 0 Å². The maximum absolute atomic E-state index is 11.7. The van der Waals surface area contributed by atoms with Crippen molar-refractivity contribution in [3.05, 3.63) is 11.8 Å². The number of alkyl halides is 3. The summed E-state index contributed by atoms with van der Waals surface area (Å²) in [7, 11) is 0. The Labute approximate surface area is 81.0 Å². The van der Waals surface area contributed by atoms with Gasteiger partial charge in [-0.2, -0.15) is 5.26 Å². The van der Waals surface area contributed by atoms with E-state index in [1.807, 2.05) is 0 Å². The molecule has 5 nitrogen and oxygen atoms in total. The fraction of sp³-hybridized carbons (Fsp3) is 0.143. The minimum absolute atomic E-state index is 0.569. The Bertz CT molecular complexity index is 425. The molecular weight excluding hydrogens is 217 g/mol. The minimum Gasteiger partial charge on any atom is -0.505 e. The summed E-state index contributed by atoms with van der Waals surface area (Å²) < 4.78 is 38.5. The summed E-state index contributed by atoms with van der Waals surface area (Å²) >= 11 is 0. The van der Waals surface area contributed by atoms with Gasteiger partial charge in [0.05, 0.1) is 6.20 Å². The highest BCUT2D eigenvalue weighted by atomic mass is 19.4. The Morgan fingerprint density at radius 3 is 2.47 bits per heavy atom. The summed E-state index contributed by atoms with van der Waals surface area (Å²) in [6.45, 7) is 0. The number of nitriles is 1. The van der Waals surface area contributed by atoms with Crippen molar-refractivity contribution in [3.8, 4) is 23.4 Å². The second kappa shape index (κ2) is 3.53. The van der Waals surface area contributed by atoms with Crippen molar-refractivity contribution < 1.29 is 28.1 Å². The van der Waals surface area contributed by atoms with Gasteiger partial charge >= 0.3 is 6.36 Å². The summed E-state index contributed by atoms with van der Waals surface area (Å²) in [5.41, 5.74) is -0.732. The van der Waals surface area contributed by atoms with Gasteiger partial charge in [-0.25, -0.2) is 4.98 Å². The number of pyridine rings is 1. The fourth-order valence-corrected chi connectivity index (χ4v) is 0.768. The first kappa shape index (κ1) is 10.9. The molecule has 8 heteroatoms. The van der Waals surface area contributed by atoms with Crippen LogP contribution in [0.2, 0.25) is 0 Å². The third-order valence-corrected chi connectivity index (χ3v) is 1.32. The van der Waals surface area contributed by atoms with Crippen LogP contribution in [-0.2, 0) is 0 Å². The fourth-order valence-electron chi connectivity index (χ4n) is 0.768. The van der Waals surface area contributed by atoms with Gasteiger partial charge in [0.2, 0.25) is 5.75 Å². The van der Waals surface area contributed by atoms with Crippen molar-refractivity contribution in [2.45, 2.75) is 6.36 Å². The van der Waals surface area contributed by atoms with E-state index in [9.17, 15) is 13.2 Å². The van der Waals surface area contributed by atoms with E-state index in [4.69, 9.17) is 15.5 Å². The molecule has 0 unspecified atom stereocenters. The van der Waals surface area contributed by atoms with E-state index in [1.54, 1.807) is 0 Å². The number of ether oxygens (including phenoxy) is 1. The standard InChI is InChI=1S/C7H3F3N2O3/c8-7(9,10)15-6-5(14)3(1-11)4(13)2-12-6/h2,13-14H. The molecule has 0 aliphatic rings. The first-order valence-electron chi connectivity index (χ1n) is 3.42. The molecule has 0 bridgehead atoms. The van der Waals surface area contributed by atoms with Crippen LogP contribution in [0.1, 0.15) is 5.56 Å². The van der Waals surface area contributed by atoms with Crippen LogP contribution in [0.25, 0.3) is 0 Å². The van der Waals surface area contributed by atoms with E-state index in [2.05, 4.69) is 9.72 Å². The number of hydrogen-bond donors (Lipinski definition) is 2. The van der Waals surface area contributed by atoms with Gasteiger partial charge < -0.3 is 14.9 Å². The zero-order chi connectivity index (χ0) is 11.6. The molecular formula is C7H3F3N2O3. The average Bonchev–Trinajstić information content (AvgIpc) is 2.09. The molecule has 2 N–H and O–H groups in total. The molecule has 0 aromatic carbocycles. The Kier molecular flexibility index (Phi) is 2.57. The predicted octanol–water partition coefficient (Wildman–Crippen LogP) is 1.26. The Morgan fingerprint density at radius 2 is 2.00 bits per heavy atom. The summed E-state index contributed by atoms with van der Waals surface area (Å²) in [5.74, 6) is -3.07. The molecule has 15 heavy (non-hydrogen) atoms. The summed E-state index contributed by atoms with van der Waals surface area (Å²) in [5, 5.41) is 26.4. The van der Waals surface area contributed by atoms with Crippen molar-refractivity contribution in [1.82, 2.24) is 4.98 Å². The second-order valence-electron chi connectivity index (χ2n) is 2.33. The van der Waals surface area contributed by atoms with E-state index < -0.39 is 29.3 Å². The highest BCUT2D eigenvalue weighted by Gasteiger charge is 2.34. The van der Waals surface area contributed by atoms with Crippen molar-refractivity contribution in [2.24, 2.45) is 0 Å². The van der Waals surface area contributed by atoms with Gasteiger partial charge in [-0.3, -0.25) is 0 Å². The van der Waals surface area contributed by atoms with Gasteiger partial charge in [0.25, 0.3) is 5.88 Å². The summed E-state index contributed by atoms with van der Waals surface area (Å²) in [6, 6.07) is 1.30. The van der Waals surface area contributed by atoms with Crippen molar-refractivity contribution in [1.29, 1.82) is 5.26 Å². The van der Waals surface area contributed by atoms with Crippen LogP contribution in [0.5, 0.6) is 17.4 Å². The van der Waals surface area contributed by atoms with Crippen LogP contribution >= 0.6 is 0 Å². The molecule has 0 radical (unpaired) electrons. The van der Waals surface area contributed by atoms with Crippen LogP contribution in [0.15, 0.2) is 6.20 Å². The molecule has 0 aliphatic heterocycles. The molecule has 0 spiro atoms. The highest BCUT2D eigenvalue weighted by Crippen LogP contribution is 2.35. The van der Waals surface area contributed by atoms with E-state index in [0.29, 0.717) is 6.20 Å². The number of aromatic nitrogens is 1. The molecule has 1 rings (SSSR count). The van der Waals surface area contributed by atoms with Crippen molar-refractivity contribution in [3.63, 3.8) is 0 Å². The number of halogens is 3. The molecule has 80 valence electrons. The van der Waals surface area contributed by atoms with Crippen LogP contribution in [-0.4, -0.2) is 21.6 Å². The summed E-state index contributed by atoms with van der Waals surface area (Å²) in [6.07, 6.45) is -4.46. The lowest BCUT2D eigenvalue weighted by Crippen LogP contribution is -2.18. The zero-order valence-corrected chi connectivity index (χ0v) is 6.91. The lowest BCUT2D eigenvalue weighted by Gasteiger charge is -2.09. The Balaban J connectivity index is 3.18. The van der Waals surface area contributed by atoms with E-state index in [1.165, 1.54) is 6.07 Å². The molecule has 0 aliphatic carbocycles. The van der Waals surface area contributed by atoms with Gasteiger partial charge in [-0.1, -0.05) is 0 Å². The maximum atomic E-state index is 11.7. The average molecular weight is 220 g/mol. The first-order valence-corrected chi connectivity index (χ1v) is 3.42. The normalized spacial score (nSPS) is 10.8. The molecule has 1 aromatic heterocycles. The number of nitrogens with zero attached hydrogens (tertiary/aromatic N) is 2. The van der Waals surface area contributed by atoms with Gasteiger partial charge in [-0.15, -0.1) is 13.2 Å². The molecule has 0 atom stereocenters.